The summed E-state index contributed by atoms with van der Waals surface area (Å²) in [5.41, 5.74) is 2.03. The van der Waals surface area contributed by atoms with Gasteiger partial charge in [0.15, 0.2) is 0 Å². The van der Waals surface area contributed by atoms with E-state index in [0.29, 0.717) is 34.6 Å². The van der Waals surface area contributed by atoms with Gasteiger partial charge in [-0.3, -0.25) is 4.79 Å². The Kier molecular flexibility index (Phi) is 3.66. The van der Waals surface area contributed by atoms with Crippen LogP contribution in [0.2, 0.25) is 5.02 Å². The lowest BCUT2D eigenvalue weighted by Crippen LogP contribution is -2.20. The molecule has 5 heteroatoms. The number of carbonyl (C=O) groups excluding carboxylic acids is 1. The number of anilines is 1. The molecule has 1 amide bonds. The number of aliphatic hydroxyl groups is 1. The van der Waals surface area contributed by atoms with Gasteiger partial charge in [0.1, 0.15) is 11.9 Å². The van der Waals surface area contributed by atoms with E-state index in [1.165, 1.54) is 6.07 Å². The minimum absolute atomic E-state index is 0.188. The fraction of sp³-hybridized carbons (Fsp3) is 0.188. The van der Waals surface area contributed by atoms with Gasteiger partial charge in [0.25, 0.3) is 0 Å². The highest BCUT2D eigenvalue weighted by atomic mass is 35.5. The minimum atomic E-state index is -0.931. The van der Waals surface area contributed by atoms with Crippen LogP contribution < -0.4 is 5.32 Å². The Morgan fingerprint density at radius 1 is 1.14 bits per heavy atom. The van der Waals surface area contributed by atoms with Gasteiger partial charge in [-0.05, 0) is 41.3 Å². The van der Waals surface area contributed by atoms with Gasteiger partial charge in [0.05, 0.1) is 5.69 Å². The number of carbonyl (C=O) groups is 1. The van der Waals surface area contributed by atoms with Crippen molar-refractivity contribution in [1.82, 2.24) is 0 Å². The first kappa shape index (κ1) is 14.0. The molecule has 3 rings (SSSR count). The molecule has 2 N–H and O–H groups in total. The average molecular weight is 306 g/mol. The van der Waals surface area contributed by atoms with Gasteiger partial charge in [-0.15, -0.1) is 0 Å². The Morgan fingerprint density at radius 3 is 2.57 bits per heavy atom. The van der Waals surface area contributed by atoms with Crippen LogP contribution in [0.4, 0.5) is 10.1 Å². The summed E-state index contributed by atoms with van der Waals surface area (Å²) in [4.78, 5) is 11.3. The Labute approximate surface area is 126 Å². The fourth-order valence-electron chi connectivity index (χ4n) is 2.47. The third-order valence-electron chi connectivity index (χ3n) is 3.58. The zero-order valence-electron chi connectivity index (χ0n) is 11.1. The predicted octanol–water partition coefficient (Wildman–Crippen LogP) is 3.45. The first-order valence-electron chi connectivity index (χ1n) is 6.60. The highest BCUT2D eigenvalue weighted by Gasteiger charge is 2.21. The summed E-state index contributed by atoms with van der Waals surface area (Å²) in [7, 11) is 0. The molecule has 2 aromatic carbocycles. The Bertz CT molecular complexity index is 700. The minimum Gasteiger partial charge on any atom is -0.384 e. The molecule has 0 saturated carbocycles. The number of nitrogens with one attached hydrogen (secondary N) is 1. The van der Waals surface area contributed by atoms with Crippen molar-refractivity contribution in [2.45, 2.75) is 18.9 Å². The molecule has 1 atom stereocenters. The summed E-state index contributed by atoms with van der Waals surface area (Å²) in [6, 6.07) is 9.74. The summed E-state index contributed by atoms with van der Waals surface area (Å²) in [6.45, 7) is 0. The van der Waals surface area contributed by atoms with Crippen molar-refractivity contribution in [3.05, 3.63) is 63.9 Å². The predicted molar refractivity (Wildman–Crippen MR) is 78.9 cm³/mol. The lowest BCUT2D eigenvalue weighted by Gasteiger charge is -2.20. The molecular weight excluding hydrogens is 293 g/mol. The van der Waals surface area contributed by atoms with Crippen molar-refractivity contribution in [2.75, 3.05) is 5.32 Å². The molecule has 0 bridgehead atoms. The second-order valence-electron chi connectivity index (χ2n) is 5.04. The van der Waals surface area contributed by atoms with Gasteiger partial charge >= 0.3 is 0 Å². The van der Waals surface area contributed by atoms with Crippen LogP contribution in [0.15, 0.2) is 36.4 Å². The third-order valence-corrected chi connectivity index (χ3v) is 3.83. The van der Waals surface area contributed by atoms with Crippen molar-refractivity contribution in [1.29, 1.82) is 0 Å². The number of hydrogen-bond donors (Lipinski definition) is 2. The molecule has 0 radical (unpaired) electrons. The van der Waals surface area contributed by atoms with E-state index in [9.17, 15) is 14.3 Å². The zero-order chi connectivity index (χ0) is 15.0. The maximum Gasteiger partial charge on any atom is 0.224 e. The quantitative estimate of drug-likeness (QED) is 0.893. The van der Waals surface area contributed by atoms with E-state index in [-0.39, 0.29) is 11.6 Å². The van der Waals surface area contributed by atoms with Crippen LogP contribution in [0, 0.1) is 5.82 Å². The van der Waals surface area contributed by atoms with Crippen molar-refractivity contribution in [3.8, 4) is 0 Å². The number of aliphatic hydroxyl groups excluding tert-OH is 1. The van der Waals surface area contributed by atoms with E-state index in [0.717, 1.165) is 0 Å². The highest BCUT2D eigenvalue weighted by molar-refractivity contribution is 6.30. The number of amides is 1. The molecule has 1 unspecified atom stereocenters. The smallest absolute Gasteiger partial charge is 0.224 e. The maximum absolute atomic E-state index is 14.1. The Hall–Kier alpha value is -1.91. The van der Waals surface area contributed by atoms with Crippen LogP contribution in [0.1, 0.15) is 29.2 Å². The monoisotopic (exact) mass is 305 g/mol. The summed E-state index contributed by atoms with van der Waals surface area (Å²) in [5, 5.41) is 13.5. The lowest BCUT2D eigenvalue weighted by molar-refractivity contribution is -0.116. The van der Waals surface area contributed by atoms with Gasteiger partial charge in [0.2, 0.25) is 5.91 Å². The third kappa shape index (κ3) is 2.77. The molecule has 0 spiro atoms. The molecule has 1 aliphatic heterocycles. The van der Waals surface area contributed by atoms with Crippen LogP contribution in [0.25, 0.3) is 0 Å². The van der Waals surface area contributed by atoms with Gasteiger partial charge in [0, 0.05) is 11.4 Å². The molecule has 1 heterocycles. The highest BCUT2D eigenvalue weighted by Crippen LogP contribution is 2.31. The van der Waals surface area contributed by atoms with Gasteiger partial charge in [-0.25, -0.2) is 4.39 Å². The van der Waals surface area contributed by atoms with Crippen molar-refractivity contribution in [2.24, 2.45) is 0 Å². The maximum atomic E-state index is 14.1. The van der Waals surface area contributed by atoms with Crippen LogP contribution in [0.3, 0.4) is 0 Å². The van der Waals surface area contributed by atoms with Crippen LogP contribution >= 0.6 is 11.6 Å². The SMILES string of the molecule is O=C1CCc2cc(C(O)c3ccc(Cl)cc3)cc(F)c2N1. The average Bonchev–Trinajstić information content (AvgIpc) is 2.48. The molecule has 3 nitrogen and oxygen atoms in total. The molecule has 2 aromatic rings. The van der Waals surface area contributed by atoms with Crippen molar-refractivity contribution in [3.63, 3.8) is 0 Å². The zero-order valence-corrected chi connectivity index (χ0v) is 11.8. The normalized spacial score (nSPS) is 15.3. The molecule has 108 valence electrons. The number of halogens is 2. The standard InChI is InChI=1S/C16H13ClFNO2/c17-12-4-1-9(2-5-12)16(21)11-7-10-3-6-14(20)19-15(10)13(18)8-11/h1-2,4-5,7-8,16,21H,3,6H2,(H,19,20). The van der Waals surface area contributed by atoms with E-state index in [2.05, 4.69) is 5.32 Å². The van der Waals surface area contributed by atoms with Crippen molar-refractivity contribution < 1.29 is 14.3 Å². The van der Waals surface area contributed by atoms with Gasteiger partial charge in [-0.1, -0.05) is 29.8 Å². The molecule has 0 fully saturated rings. The van der Waals surface area contributed by atoms with Crippen LogP contribution in [-0.4, -0.2) is 11.0 Å². The Morgan fingerprint density at radius 2 is 1.86 bits per heavy atom. The topological polar surface area (TPSA) is 49.3 Å². The number of aryl methyl sites for hydroxylation is 1. The van der Waals surface area contributed by atoms with Gasteiger partial charge in [-0.2, -0.15) is 0 Å². The van der Waals surface area contributed by atoms with E-state index in [1.54, 1.807) is 30.3 Å². The first-order chi connectivity index (χ1) is 10.0. The van der Waals surface area contributed by atoms with E-state index in [1.807, 2.05) is 0 Å². The van der Waals surface area contributed by atoms with Crippen LogP contribution in [-0.2, 0) is 11.2 Å². The summed E-state index contributed by atoms with van der Waals surface area (Å²) in [5.74, 6) is -0.712. The largest absolute Gasteiger partial charge is 0.384 e. The molecule has 21 heavy (non-hydrogen) atoms. The molecule has 0 aromatic heterocycles. The summed E-state index contributed by atoms with van der Waals surface area (Å²) >= 11 is 5.81. The number of hydrogen-bond acceptors (Lipinski definition) is 2. The first-order valence-corrected chi connectivity index (χ1v) is 6.98. The lowest BCUT2D eigenvalue weighted by atomic mass is 9.95. The summed E-state index contributed by atoms with van der Waals surface area (Å²) in [6.07, 6.45) is -0.133. The molecular formula is C16H13ClFNO2. The summed E-state index contributed by atoms with van der Waals surface area (Å²) < 4.78 is 14.1. The van der Waals surface area contributed by atoms with Crippen molar-refractivity contribution >= 4 is 23.2 Å². The molecule has 1 aliphatic rings. The number of rotatable bonds is 2. The van der Waals surface area contributed by atoms with Gasteiger partial charge < -0.3 is 10.4 Å². The molecule has 0 saturated heterocycles. The number of benzene rings is 2. The Balaban J connectivity index is 1.97. The second kappa shape index (κ2) is 5.47. The van der Waals surface area contributed by atoms with Crippen LogP contribution in [0.5, 0.6) is 0 Å². The number of fused-ring (bicyclic) bond motifs is 1. The fourth-order valence-corrected chi connectivity index (χ4v) is 2.60. The molecule has 0 aliphatic carbocycles. The van der Waals surface area contributed by atoms with E-state index >= 15 is 0 Å². The second-order valence-corrected chi connectivity index (χ2v) is 5.48. The van der Waals surface area contributed by atoms with E-state index in [4.69, 9.17) is 11.6 Å². The van der Waals surface area contributed by atoms with E-state index < -0.39 is 11.9 Å².